The number of rotatable bonds is 4. The van der Waals surface area contributed by atoms with Crippen LogP contribution in [0.3, 0.4) is 0 Å². The van der Waals surface area contributed by atoms with Crippen LogP contribution in [0.2, 0.25) is 0 Å². The maximum Gasteiger partial charge on any atom is 0.231 e. The highest BCUT2D eigenvalue weighted by Crippen LogP contribution is 2.37. The van der Waals surface area contributed by atoms with Gasteiger partial charge in [-0.3, -0.25) is 0 Å². The van der Waals surface area contributed by atoms with Gasteiger partial charge in [0.2, 0.25) is 6.79 Å². The number of anilines is 1. The molecule has 4 aromatic rings. The van der Waals surface area contributed by atoms with E-state index in [2.05, 4.69) is 15.3 Å². The van der Waals surface area contributed by atoms with Crippen molar-refractivity contribution in [3.05, 3.63) is 47.8 Å². The zero-order chi connectivity index (χ0) is 19.1. The van der Waals surface area contributed by atoms with Crippen molar-refractivity contribution < 1.29 is 14.2 Å². The fraction of sp³-hybridized carbons (Fsp3) is 0.105. The lowest BCUT2D eigenvalue weighted by molar-refractivity contribution is 0.174. The summed E-state index contributed by atoms with van der Waals surface area (Å²) in [4.78, 5) is 4.68. The number of nitrogens with zero attached hydrogens (tertiary/aromatic N) is 4. The molecule has 140 valence electrons. The molecule has 0 atom stereocenters. The number of nitrogen functional groups attached to an aromatic ring is 1. The zero-order valence-corrected chi connectivity index (χ0v) is 15.6. The summed E-state index contributed by atoms with van der Waals surface area (Å²) in [5.74, 6) is 2.65. The average molecular weight is 393 g/mol. The molecule has 0 amide bonds. The summed E-state index contributed by atoms with van der Waals surface area (Å²) in [6, 6.07) is 13.2. The number of methoxy groups -OCH3 is 1. The lowest BCUT2D eigenvalue weighted by Gasteiger charge is -2.04. The molecule has 0 aliphatic carbocycles. The first-order chi connectivity index (χ1) is 13.7. The van der Waals surface area contributed by atoms with E-state index in [9.17, 15) is 0 Å². The fourth-order valence-corrected chi connectivity index (χ4v) is 3.75. The number of hydrogen-bond donors (Lipinski definition) is 1. The predicted octanol–water partition coefficient (Wildman–Crippen LogP) is 3.38. The van der Waals surface area contributed by atoms with Crippen LogP contribution >= 0.6 is 11.3 Å². The quantitative estimate of drug-likeness (QED) is 0.568. The second-order valence-electron chi connectivity index (χ2n) is 6.04. The third kappa shape index (κ3) is 2.72. The van der Waals surface area contributed by atoms with Crippen molar-refractivity contribution in [2.75, 3.05) is 19.6 Å². The monoisotopic (exact) mass is 393 g/mol. The number of benzene rings is 2. The normalized spacial score (nSPS) is 12.3. The van der Waals surface area contributed by atoms with Crippen molar-refractivity contribution in [2.24, 2.45) is 0 Å². The first kappa shape index (κ1) is 16.6. The zero-order valence-electron chi connectivity index (χ0n) is 14.8. The molecule has 0 fully saturated rings. The highest BCUT2D eigenvalue weighted by Gasteiger charge is 2.19. The average Bonchev–Trinajstić information content (AvgIpc) is 3.46. The van der Waals surface area contributed by atoms with Gasteiger partial charge in [0.05, 0.1) is 18.5 Å². The number of nitrogens with two attached hydrogens (primary N) is 1. The number of ether oxygens (including phenoxy) is 3. The highest BCUT2D eigenvalue weighted by molar-refractivity contribution is 7.13. The van der Waals surface area contributed by atoms with E-state index in [1.165, 1.54) is 11.3 Å². The Hall–Kier alpha value is -3.59. The first-order valence-electron chi connectivity index (χ1n) is 8.44. The molecule has 0 saturated heterocycles. The van der Waals surface area contributed by atoms with Crippen LogP contribution in [0.15, 0.2) is 47.8 Å². The molecule has 0 saturated carbocycles. The Balaban J connectivity index is 1.47. The summed E-state index contributed by atoms with van der Waals surface area (Å²) >= 11 is 1.46. The molecule has 1 aliphatic heterocycles. The van der Waals surface area contributed by atoms with Gasteiger partial charge in [0.25, 0.3) is 0 Å². The lowest BCUT2D eigenvalue weighted by atomic mass is 10.1. The van der Waals surface area contributed by atoms with E-state index >= 15 is 0 Å². The second kappa shape index (κ2) is 6.54. The summed E-state index contributed by atoms with van der Waals surface area (Å²) in [5, 5.41) is 11.1. The molecule has 0 spiro atoms. The molecule has 0 bridgehead atoms. The minimum atomic E-state index is 0.242. The van der Waals surface area contributed by atoms with Gasteiger partial charge in [-0.1, -0.05) is 5.21 Å². The van der Waals surface area contributed by atoms with E-state index in [1.54, 1.807) is 11.8 Å². The van der Waals surface area contributed by atoms with Gasteiger partial charge in [-0.15, -0.1) is 16.4 Å². The molecule has 8 nitrogen and oxygen atoms in total. The van der Waals surface area contributed by atoms with E-state index in [0.29, 0.717) is 16.5 Å². The summed E-state index contributed by atoms with van der Waals surface area (Å²) in [6.07, 6.45) is 0. The van der Waals surface area contributed by atoms with E-state index < -0.39 is 0 Å². The maximum absolute atomic E-state index is 6.30. The Morgan fingerprint density at radius 3 is 2.75 bits per heavy atom. The number of thiazole rings is 1. The minimum Gasteiger partial charge on any atom is -0.497 e. The number of fused-ring (bicyclic) bond motifs is 1. The molecule has 2 aromatic carbocycles. The van der Waals surface area contributed by atoms with Gasteiger partial charge in [-0.25, -0.2) is 4.98 Å². The predicted molar refractivity (Wildman–Crippen MR) is 105 cm³/mol. The largest absolute Gasteiger partial charge is 0.497 e. The van der Waals surface area contributed by atoms with Gasteiger partial charge in [-0.2, -0.15) is 4.68 Å². The molecule has 1 aliphatic rings. The van der Waals surface area contributed by atoms with Crippen LogP contribution in [-0.2, 0) is 0 Å². The van der Waals surface area contributed by atoms with Crippen molar-refractivity contribution in [3.8, 4) is 44.9 Å². The Morgan fingerprint density at radius 2 is 1.93 bits per heavy atom. The van der Waals surface area contributed by atoms with Gasteiger partial charge in [0.15, 0.2) is 23.0 Å². The van der Waals surface area contributed by atoms with Crippen molar-refractivity contribution in [1.82, 2.24) is 20.0 Å². The van der Waals surface area contributed by atoms with Crippen molar-refractivity contribution >= 4 is 17.2 Å². The highest BCUT2D eigenvalue weighted by atomic mass is 32.1. The van der Waals surface area contributed by atoms with Gasteiger partial charge in [-0.05, 0) is 42.5 Å². The Labute approximate surface area is 164 Å². The molecular formula is C19H15N5O3S. The molecule has 0 radical (unpaired) electrons. The van der Waals surface area contributed by atoms with Gasteiger partial charge in [0, 0.05) is 10.9 Å². The van der Waals surface area contributed by atoms with Crippen LogP contribution < -0.4 is 19.9 Å². The van der Waals surface area contributed by atoms with Crippen LogP contribution in [-0.4, -0.2) is 33.9 Å². The van der Waals surface area contributed by atoms with Crippen molar-refractivity contribution in [3.63, 3.8) is 0 Å². The minimum absolute atomic E-state index is 0.242. The molecule has 9 heteroatoms. The maximum atomic E-state index is 6.30. The molecule has 5 rings (SSSR count). The van der Waals surface area contributed by atoms with Crippen molar-refractivity contribution in [1.29, 1.82) is 0 Å². The topological polar surface area (TPSA) is 97.3 Å². The molecule has 3 heterocycles. The van der Waals surface area contributed by atoms with Crippen LogP contribution in [0.1, 0.15) is 0 Å². The SMILES string of the molecule is COc1ccc(-n2nnc(-c3nc(-c4ccc5c(c4)OCO5)cs3)c2N)cc1. The third-order valence-electron chi connectivity index (χ3n) is 4.40. The Morgan fingerprint density at radius 1 is 1.11 bits per heavy atom. The number of aromatic nitrogens is 4. The van der Waals surface area contributed by atoms with Crippen molar-refractivity contribution in [2.45, 2.75) is 0 Å². The lowest BCUT2D eigenvalue weighted by Crippen LogP contribution is -2.02. The first-order valence-corrected chi connectivity index (χ1v) is 9.32. The number of hydrogen-bond acceptors (Lipinski definition) is 8. The second-order valence-corrected chi connectivity index (χ2v) is 6.90. The van der Waals surface area contributed by atoms with Crippen LogP contribution in [0, 0.1) is 0 Å². The smallest absolute Gasteiger partial charge is 0.231 e. The third-order valence-corrected chi connectivity index (χ3v) is 5.25. The van der Waals surface area contributed by atoms with Gasteiger partial charge >= 0.3 is 0 Å². The van der Waals surface area contributed by atoms with Gasteiger partial charge in [0.1, 0.15) is 10.8 Å². The summed E-state index contributed by atoms with van der Waals surface area (Å²) < 4.78 is 17.6. The molecular weight excluding hydrogens is 378 g/mol. The summed E-state index contributed by atoms with van der Waals surface area (Å²) in [7, 11) is 1.62. The summed E-state index contributed by atoms with van der Waals surface area (Å²) in [6.45, 7) is 0.242. The van der Waals surface area contributed by atoms with Gasteiger partial charge < -0.3 is 19.9 Å². The van der Waals surface area contributed by atoms with Crippen LogP contribution in [0.4, 0.5) is 5.82 Å². The van der Waals surface area contributed by atoms with E-state index in [-0.39, 0.29) is 6.79 Å². The Kier molecular flexibility index (Phi) is 3.87. The summed E-state index contributed by atoms with van der Waals surface area (Å²) in [5.41, 5.74) is 9.40. The molecule has 2 aromatic heterocycles. The van der Waals surface area contributed by atoms with E-state index in [4.69, 9.17) is 19.9 Å². The fourth-order valence-electron chi connectivity index (χ4n) is 2.93. The van der Waals surface area contributed by atoms with E-state index in [1.807, 2.05) is 47.8 Å². The molecule has 2 N–H and O–H groups in total. The standard InChI is InChI=1S/C19H15N5O3S/c1-25-13-5-3-12(4-6-13)24-18(20)17(22-23-24)19-21-14(9-28-19)11-2-7-15-16(8-11)27-10-26-15/h2-9H,10,20H2,1H3. The molecule has 0 unspecified atom stereocenters. The van der Waals surface area contributed by atoms with E-state index in [0.717, 1.165) is 34.2 Å². The Bertz CT molecular complexity index is 1150. The van der Waals surface area contributed by atoms with Crippen LogP contribution in [0.5, 0.6) is 17.2 Å². The molecule has 28 heavy (non-hydrogen) atoms. The van der Waals surface area contributed by atoms with Crippen LogP contribution in [0.25, 0.3) is 27.6 Å².